The van der Waals surface area contributed by atoms with Crippen LogP contribution in [0.2, 0.25) is 0 Å². The van der Waals surface area contributed by atoms with Crippen LogP contribution in [-0.2, 0) is 25.6 Å². The Hall–Kier alpha value is -5.19. The number of likely N-dealkylation sites (tertiary alicyclic amines) is 1. The van der Waals surface area contributed by atoms with Crippen molar-refractivity contribution in [3.8, 4) is 11.5 Å². The van der Waals surface area contributed by atoms with E-state index in [2.05, 4.69) is 10.3 Å². The highest BCUT2D eigenvalue weighted by Crippen LogP contribution is 2.52. The van der Waals surface area contributed by atoms with Crippen molar-refractivity contribution in [1.29, 1.82) is 0 Å². The van der Waals surface area contributed by atoms with Gasteiger partial charge in [0.25, 0.3) is 6.47 Å². The fourth-order valence-corrected chi connectivity index (χ4v) is 6.26. The van der Waals surface area contributed by atoms with Crippen molar-refractivity contribution < 1.29 is 33.8 Å². The highest BCUT2D eigenvalue weighted by molar-refractivity contribution is 5.94. The second kappa shape index (κ2) is 15.2. The highest BCUT2D eigenvalue weighted by Gasteiger charge is 2.53. The Morgan fingerprint density at radius 2 is 1.83 bits per heavy atom. The number of aromatic nitrogens is 1. The lowest BCUT2D eigenvalue weighted by Crippen LogP contribution is -2.50. The largest absolute Gasteiger partial charge is 0.490 e. The third-order valence-corrected chi connectivity index (χ3v) is 8.60. The molecule has 3 amide bonds. The van der Waals surface area contributed by atoms with Crippen LogP contribution in [0.1, 0.15) is 35.4 Å². The molecule has 2 atom stereocenters. The van der Waals surface area contributed by atoms with Gasteiger partial charge in [-0.2, -0.15) is 0 Å². The van der Waals surface area contributed by atoms with E-state index in [9.17, 15) is 14.4 Å². The Morgan fingerprint density at radius 1 is 1.04 bits per heavy atom. The van der Waals surface area contributed by atoms with Crippen LogP contribution in [0.3, 0.4) is 0 Å². The number of carbonyl (C=O) groups is 4. The van der Waals surface area contributed by atoms with E-state index in [1.54, 1.807) is 23.4 Å². The SMILES string of the molecule is O=C1CN(C(=O)/C=C/c2ccccc2)CCCOc2cccc3c2OC[C@@]2(CN1)CN(C(=O)CCc1ccncc1)C[C@@H]32.O=CO. The molecule has 0 radical (unpaired) electrons. The number of benzene rings is 2. The Labute approximate surface area is 267 Å². The van der Waals surface area contributed by atoms with Crippen LogP contribution in [0.4, 0.5) is 0 Å². The van der Waals surface area contributed by atoms with E-state index >= 15 is 0 Å². The van der Waals surface area contributed by atoms with Crippen LogP contribution in [0.5, 0.6) is 11.5 Å². The second-order valence-electron chi connectivity index (χ2n) is 11.6. The van der Waals surface area contributed by atoms with Crippen molar-refractivity contribution in [3.05, 3.63) is 95.8 Å². The van der Waals surface area contributed by atoms with Crippen LogP contribution in [0, 0.1) is 5.41 Å². The predicted molar refractivity (Wildman–Crippen MR) is 170 cm³/mol. The van der Waals surface area contributed by atoms with Gasteiger partial charge in [0, 0.05) is 68.0 Å². The number of aryl methyl sites for hydroxylation is 1. The van der Waals surface area contributed by atoms with Gasteiger partial charge in [0.2, 0.25) is 17.7 Å². The van der Waals surface area contributed by atoms with Gasteiger partial charge >= 0.3 is 0 Å². The molecule has 46 heavy (non-hydrogen) atoms. The number of ether oxygens (including phenoxy) is 2. The third-order valence-electron chi connectivity index (χ3n) is 8.60. The van der Waals surface area contributed by atoms with E-state index in [0.29, 0.717) is 70.2 Å². The number of nitrogens with zero attached hydrogens (tertiary/aromatic N) is 3. The molecule has 0 saturated carbocycles. The summed E-state index contributed by atoms with van der Waals surface area (Å²) in [5.74, 6) is 0.941. The maximum Gasteiger partial charge on any atom is 0.290 e. The van der Waals surface area contributed by atoms with E-state index in [0.717, 1.165) is 16.7 Å². The lowest BCUT2D eigenvalue weighted by Gasteiger charge is -2.40. The summed E-state index contributed by atoms with van der Waals surface area (Å²) in [5, 5.41) is 9.99. The molecule has 5 heterocycles. The van der Waals surface area contributed by atoms with Crippen LogP contribution in [0.25, 0.3) is 6.08 Å². The van der Waals surface area contributed by atoms with Gasteiger partial charge in [0.1, 0.15) is 0 Å². The molecule has 0 aliphatic carbocycles. The first-order valence-corrected chi connectivity index (χ1v) is 15.3. The number of hydrogen-bond donors (Lipinski definition) is 2. The standard InChI is InChI=1S/C34H36N4O5.CH2O2/c39-30-21-37(31(40)12-10-25-6-2-1-3-7-25)18-5-19-42-29-9-4-8-27-28-20-38(23-34(28,22-36-30)24-43-33(27)29)32(41)13-11-26-14-16-35-17-15-26;2-1-3/h1-4,6-10,12,14-17,28H,5,11,13,18-24H2,(H,36,39);1H,(H,2,3)/b12-10+;/t28-,34+;/m0./s1. The number of hydrogen-bond acceptors (Lipinski definition) is 7. The number of fused-ring (bicyclic) bond motifs is 9. The number of carbonyl (C=O) groups excluding carboxylic acids is 3. The summed E-state index contributed by atoms with van der Waals surface area (Å²) in [6.45, 7) is 2.11. The minimum atomic E-state index is -0.500. The molecule has 4 aliphatic rings. The second-order valence-corrected chi connectivity index (χ2v) is 11.6. The molecule has 1 spiro atoms. The van der Waals surface area contributed by atoms with E-state index in [1.165, 1.54) is 6.08 Å². The average Bonchev–Trinajstić information content (AvgIpc) is 3.48. The van der Waals surface area contributed by atoms with Crippen molar-refractivity contribution in [2.45, 2.75) is 25.2 Å². The van der Waals surface area contributed by atoms with Gasteiger partial charge in [-0.25, -0.2) is 0 Å². The Balaban J connectivity index is 0.00000134. The number of pyridine rings is 1. The van der Waals surface area contributed by atoms with Crippen LogP contribution < -0.4 is 14.8 Å². The highest BCUT2D eigenvalue weighted by atomic mass is 16.5. The molecule has 4 bridgehead atoms. The quantitative estimate of drug-likeness (QED) is 0.326. The van der Waals surface area contributed by atoms with Crippen LogP contribution >= 0.6 is 0 Å². The molecule has 0 unspecified atom stereocenters. The smallest absolute Gasteiger partial charge is 0.290 e. The van der Waals surface area contributed by atoms with Crippen LogP contribution in [0.15, 0.2) is 79.1 Å². The monoisotopic (exact) mass is 626 g/mol. The molecule has 1 saturated heterocycles. The summed E-state index contributed by atoms with van der Waals surface area (Å²) in [6, 6.07) is 19.3. The van der Waals surface area contributed by atoms with Crippen molar-refractivity contribution in [2.24, 2.45) is 5.41 Å². The number of para-hydroxylation sites is 1. The molecule has 11 heteroatoms. The van der Waals surface area contributed by atoms with Gasteiger partial charge in [-0.05, 0) is 48.2 Å². The molecule has 3 aromatic rings. The zero-order chi connectivity index (χ0) is 32.4. The molecule has 240 valence electrons. The topological polar surface area (TPSA) is 138 Å². The van der Waals surface area contributed by atoms with Gasteiger partial charge in [0.15, 0.2) is 11.5 Å². The first-order valence-electron chi connectivity index (χ1n) is 15.3. The van der Waals surface area contributed by atoms with Crippen molar-refractivity contribution >= 4 is 30.3 Å². The number of rotatable bonds is 5. The predicted octanol–water partition coefficient (Wildman–Crippen LogP) is 3.16. The van der Waals surface area contributed by atoms with Gasteiger partial charge in [-0.1, -0.05) is 42.5 Å². The molecule has 7 rings (SSSR count). The number of carboxylic acid groups (broad SMARTS) is 1. The van der Waals surface area contributed by atoms with E-state index in [1.807, 2.05) is 65.6 Å². The minimum absolute atomic E-state index is 0.0283. The van der Waals surface area contributed by atoms with E-state index < -0.39 is 5.41 Å². The lowest BCUT2D eigenvalue weighted by atomic mass is 9.73. The average molecular weight is 627 g/mol. The fourth-order valence-electron chi connectivity index (χ4n) is 6.26. The molecule has 2 N–H and O–H groups in total. The lowest BCUT2D eigenvalue weighted by molar-refractivity contribution is -0.133. The normalized spacial score (nSPS) is 20.7. The van der Waals surface area contributed by atoms with E-state index in [4.69, 9.17) is 19.4 Å². The Kier molecular flexibility index (Phi) is 10.6. The van der Waals surface area contributed by atoms with Gasteiger partial charge in [0.05, 0.1) is 19.8 Å². The first kappa shape index (κ1) is 32.2. The van der Waals surface area contributed by atoms with Gasteiger partial charge in [-0.3, -0.25) is 24.2 Å². The Bertz CT molecular complexity index is 1550. The summed E-state index contributed by atoms with van der Waals surface area (Å²) in [4.78, 5) is 55.7. The number of amides is 3. The zero-order valence-electron chi connectivity index (χ0n) is 25.5. The fraction of sp³-hybridized carbons (Fsp3) is 0.343. The molecule has 4 aliphatic heterocycles. The molecule has 2 aromatic carbocycles. The van der Waals surface area contributed by atoms with Crippen molar-refractivity contribution in [2.75, 3.05) is 45.9 Å². The Morgan fingerprint density at radius 3 is 2.61 bits per heavy atom. The van der Waals surface area contributed by atoms with Gasteiger partial charge in [-0.15, -0.1) is 0 Å². The summed E-state index contributed by atoms with van der Waals surface area (Å²) in [5.41, 5.74) is 2.48. The van der Waals surface area contributed by atoms with E-state index in [-0.39, 0.29) is 36.7 Å². The van der Waals surface area contributed by atoms with Crippen molar-refractivity contribution in [3.63, 3.8) is 0 Å². The maximum atomic E-state index is 13.4. The van der Waals surface area contributed by atoms with Gasteiger partial charge < -0.3 is 29.7 Å². The number of nitrogens with one attached hydrogen (secondary N) is 1. The molecule has 1 fully saturated rings. The summed E-state index contributed by atoms with van der Waals surface area (Å²) >= 11 is 0. The maximum absolute atomic E-state index is 13.4. The van der Waals surface area contributed by atoms with Crippen molar-refractivity contribution in [1.82, 2.24) is 20.1 Å². The first-order chi connectivity index (χ1) is 22.4. The molecular formula is C35H38N4O7. The molecule has 11 nitrogen and oxygen atoms in total. The summed E-state index contributed by atoms with van der Waals surface area (Å²) < 4.78 is 12.5. The summed E-state index contributed by atoms with van der Waals surface area (Å²) in [7, 11) is 0. The zero-order valence-corrected chi connectivity index (χ0v) is 25.5. The molecular weight excluding hydrogens is 588 g/mol. The van der Waals surface area contributed by atoms with Crippen LogP contribution in [-0.4, -0.2) is 90.0 Å². The third kappa shape index (κ3) is 7.71. The minimum Gasteiger partial charge on any atom is -0.490 e. The summed E-state index contributed by atoms with van der Waals surface area (Å²) in [6.07, 6.45) is 8.32. The molecule has 1 aromatic heterocycles.